The number of rotatable bonds is 10. The summed E-state index contributed by atoms with van der Waals surface area (Å²) >= 11 is 0. The molecule has 1 aliphatic heterocycles. The van der Waals surface area contributed by atoms with Crippen LogP contribution < -0.4 is 10.5 Å². The quantitative estimate of drug-likeness (QED) is 0.267. The van der Waals surface area contributed by atoms with E-state index in [0.717, 1.165) is 32.0 Å². The molecule has 2 fully saturated rings. The topological polar surface area (TPSA) is 130 Å². The van der Waals surface area contributed by atoms with E-state index in [1.807, 2.05) is 27.9 Å². The molecule has 1 saturated heterocycles. The van der Waals surface area contributed by atoms with Crippen LogP contribution in [0.25, 0.3) is 0 Å². The van der Waals surface area contributed by atoms with Crippen molar-refractivity contribution in [2.24, 2.45) is 17.6 Å². The average Bonchev–Trinajstić information content (AvgIpc) is 3.33. The van der Waals surface area contributed by atoms with Crippen molar-refractivity contribution >= 4 is 28.3 Å². The minimum absolute atomic E-state index is 0.157. The highest BCUT2D eigenvalue weighted by Crippen LogP contribution is 2.40. The summed E-state index contributed by atoms with van der Waals surface area (Å²) in [6.45, 7) is 10.4. The molecule has 0 radical (unpaired) electrons. The molecule has 2 rings (SSSR count). The molecule has 2 aliphatic rings. The Balaban J connectivity index is 0. The first-order valence-corrected chi connectivity index (χ1v) is 13.8. The fraction of sp³-hybridized carbons (Fsp3) is 0.792. The van der Waals surface area contributed by atoms with E-state index in [1.54, 1.807) is 11.8 Å². The largest absolute Gasteiger partial charge is 0.368 e. The van der Waals surface area contributed by atoms with Crippen molar-refractivity contribution in [3.05, 3.63) is 12.2 Å². The van der Waals surface area contributed by atoms with Gasteiger partial charge in [-0.15, -0.1) is 0 Å². The van der Waals surface area contributed by atoms with Crippen molar-refractivity contribution in [1.82, 2.24) is 13.9 Å². The zero-order valence-corrected chi connectivity index (χ0v) is 23.1. The number of primary amides is 1. The third kappa shape index (κ3) is 15.2. The lowest BCUT2D eigenvalue weighted by atomic mass is 10.2. The Hall–Kier alpha value is -1.78. The zero-order valence-electron chi connectivity index (χ0n) is 22.2. The molecule has 0 bridgehead atoms. The smallest absolute Gasteiger partial charge is 0.303 e. The van der Waals surface area contributed by atoms with E-state index < -0.39 is 10.2 Å². The molecule has 2 amide bonds. The van der Waals surface area contributed by atoms with E-state index in [1.165, 1.54) is 30.5 Å². The molecule has 34 heavy (non-hydrogen) atoms. The van der Waals surface area contributed by atoms with Gasteiger partial charge < -0.3 is 10.5 Å². The lowest BCUT2D eigenvalue weighted by Gasteiger charge is -2.15. The van der Waals surface area contributed by atoms with Crippen LogP contribution in [-0.4, -0.2) is 69.0 Å². The summed E-state index contributed by atoms with van der Waals surface area (Å²) in [6.07, 6.45) is 12.1. The highest BCUT2D eigenvalue weighted by atomic mass is 32.2. The van der Waals surface area contributed by atoms with Crippen LogP contribution in [0, 0.1) is 11.8 Å². The molecule has 200 valence electrons. The monoisotopic (exact) mass is 504 g/mol. The van der Waals surface area contributed by atoms with Gasteiger partial charge in [-0.1, -0.05) is 45.8 Å². The number of carbonyl (C=O) groups is 3. The minimum Gasteiger partial charge on any atom is -0.368 e. The van der Waals surface area contributed by atoms with Crippen LogP contribution in [0.2, 0.25) is 0 Å². The summed E-state index contributed by atoms with van der Waals surface area (Å²) in [5.41, 5.74) is 4.96. The number of hydrogen-bond acceptors (Lipinski definition) is 6. The maximum atomic E-state index is 12.0. The van der Waals surface area contributed by atoms with Crippen LogP contribution in [0.15, 0.2) is 12.2 Å². The molecule has 0 unspecified atom stereocenters. The third-order valence-corrected chi connectivity index (χ3v) is 6.86. The van der Waals surface area contributed by atoms with Gasteiger partial charge >= 0.3 is 10.2 Å². The molecule has 9 nitrogen and oxygen atoms in total. The molecular formula is C24H48N4O5S. The molecule has 1 saturated carbocycles. The van der Waals surface area contributed by atoms with Gasteiger partial charge in [0.1, 0.15) is 6.29 Å². The number of amides is 2. The van der Waals surface area contributed by atoms with Gasteiger partial charge in [0, 0.05) is 19.0 Å². The van der Waals surface area contributed by atoms with E-state index in [0.29, 0.717) is 13.1 Å². The second kappa shape index (κ2) is 19.5. The second-order valence-corrected chi connectivity index (χ2v) is 9.96. The van der Waals surface area contributed by atoms with Gasteiger partial charge in [0.25, 0.3) is 0 Å². The highest BCUT2D eigenvalue weighted by Gasteiger charge is 2.43. The molecule has 10 heteroatoms. The molecular weight excluding hydrogens is 456 g/mol. The molecule has 3 N–H and O–H groups in total. The van der Waals surface area contributed by atoms with Crippen LogP contribution in [0.4, 0.5) is 0 Å². The van der Waals surface area contributed by atoms with E-state index in [-0.39, 0.29) is 29.7 Å². The number of likely N-dealkylation sites (N-methyl/N-ethyl adjacent to an activating group) is 1. The summed E-state index contributed by atoms with van der Waals surface area (Å²) in [4.78, 5) is 32.9. The lowest BCUT2D eigenvalue weighted by Crippen LogP contribution is -2.42. The highest BCUT2D eigenvalue weighted by molar-refractivity contribution is 7.87. The Morgan fingerprint density at radius 3 is 2.12 bits per heavy atom. The molecule has 0 spiro atoms. The lowest BCUT2D eigenvalue weighted by molar-refractivity contribution is -0.122. The molecule has 0 aromatic carbocycles. The van der Waals surface area contributed by atoms with E-state index in [4.69, 9.17) is 10.5 Å². The average molecular weight is 505 g/mol. The van der Waals surface area contributed by atoms with E-state index in [9.17, 15) is 18.0 Å². The summed E-state index contributed by atoms with van der Waals surface area (Å²) in [5.74, 6) is -0.565. The SMILES string of the molecule is CC.CC=O.CCCCC/C=C\[C@@H]1C[C@@H]1C(=O)NS(=O)(=O)N1CCCC1.C[C@@H](C(N)=O)N(C)C. The predicted octanol–water partition coefficient (Wildman–Crippen LogP) is 2.87. The first-order chi connectivity index (χ1) is 16.0. The minimum atomic E-state index is -3.61. The number of nitrogens with one attached hydrogen (secondary N) is 1. The van der Waals surface area contributed by atoms with Crippen molar-refractivity contribution in [3.63, 3.8) is 0 Å². The molecule has 1 heterocycles. The van der Waals surface area contributed by atoms with Crippen molar-refractivity contribution in [2.45, 2.75) is 85.6 Å². The standard InChI is InChI=1S/C15H26N2O3S.C5H12N2O.C2H4O.C2H6/c1-2-3-4-5-6-9-13-12-14(13)15(18)16-21(19,20)17-10-7-8-11-17;1-4(5(6)8)7(2)3;1-2-3;1-2/h6,9,13-14H,2-5,7-8,10-12H2,1H3,(H,16,18);4H,1-3H3,(H2,6,8);2H,1H3;1-2H3/b9-6-;;;/t13-,14+;4-;;/m10../s1. The van der Waals surface area contributed by atoms with Crippen molar-refractivity contribution in [1.29, 1.82) is 0 Å². The fourth-order valence-corrected chi connectivity index (χ4v) is 4.24. The number of aldehydes is 1. The Bertz CT molecular complexity index is 704. The summed E-state index contributed by atoms with van der Waals surface area (Å²) in [6, 6.07) is -0.157. The third-order valence-electron chi connectivity index (χ3n) is 5.36. The fourth-order valence-electron chi connectivity index (χ4n) is 2.96. The van der Waals surface area contributed by atoms with Gasteiger partial charge in [-0.05, 0) is 66.0 Å². The van der Waals surface area contributed by atoms with E-state index >= 15 is 0 Å². The Kier molecular flexibility index (Phi) is 19.7. The van der Waals surface area contributed by atoms with Crippen molar-refractivity contribution in [3.8, 4) is 0 Å². The van der Waals surface area contributed by atoms with Crippen LogP contribution in [-0.2, 0) is 24.6 Å². The number of nitrogens with two attached hydrogens (primary N) is 1. The van der Waals surface area contributed by atoms with E-state index in [2.05, 4.69) is 23.8 Å². The predicted molar refractivity (Wildman–Crippen MR) is 138 cm³/mol. The normalized spacial score (nSPS) is 20.1. The first-order valence-electron chi connectivity index (χ1n) is 12.4. The number of nitrogens with zero attached hydrogens (tertiary/aromatic N) is 2. The van der Waals surface area contributed by atoms with Gasteiger partial charge in [0.05, 0.1) is 6.04 Å². The van der Waals surface area contributed by atoms with Gasteiger partial charge in [-0.3, -0.25) is 14.5 Å². The Morgan fingerprint density at radius 2 is 1.71 bits per heavy atom. The van der Waals surface area contributed by atoms with Gasteiger partial charge in [-0.25, -0.2) is 4.72 Å². The van der Waals surface area contributed by atoms with Crippen molar-refractivity contribution < 1.29 is 22.8 Å². The van der Waals surface area contributed by atoms with Crippen LogP contribution in [0.1, 0.15) is 79.6 Å². The molecule has 0 aromatic rings. The summed E-state index contributed by atoms with van der Waals surface area (Å²) < 4.78 is 27.6. The Morgan fingerprint density at radius 1 is 1.18 bits per heavy atom. The summed E-state index contributed by atoms with van der Waals surface area (Å²) in [7, 11) is 0.0193. The second-order valence-electron chi connectivity index (χ2n) is 8.29. The van der Waals surface area contributed by atoms with Gasteiger partial charge in [0.15, 0.2) is 0 Å². The number of unbranched alkanes of at least 4 members (excludes halogenated alkanes) is 3. The van der Waals surface area contributed by atoms with Crippen LogP contribution >= 0.6 is 0 Å². The molecule has 0 aromatic heterocycles. The number of allylic oxidation sites excluding steroid dienone is 2. The zero-order chi connectivity index (χ0) is 26.7. The van der Waals surface area contributed by atoms with Gasteiger partial charge in [0.2, 0.25) is 11.8 Å². The number of carbonyl (C=O) groups excluding carboxylic acids is 3. The molecule has 1 aliphatic carbocycles. The van der Waals surface area contributed by atoms with Crippen LogP contribution in [0.3, 0.4) is 0 Å². The maximum absolute atomic E-state index is 12.0. The van der Waals surface area contributed by atoms with Crippen LogP contribution in [0.5, 0.6) is 0 Å². The maximum Gasteiger partial charge on any atom is 0.303 e. The first kappa shape index (κ1) is 34.4. The summed E-state index contributed by atoms with van der Waals surface area (Å²) in [5, 5.41) is 0. The van der Waals surface area contributed by atoms with Gasteiger partial charge in [-0.2, -0.15) is 12.7 Å². The number of hydrogen-bond donors (Lipinski definition) is 2. The Labute approximate surface area is 207 Å². The van der Waals surface area contributed by atoms with Crippen molar-refractivity contribution in [2.75, 3.05) is 27.2 Å². The molecule has 3 atom stereocenters.